The summed E-state index contributed by atoms with van der Waals surface area (Å²) in [4.78, 5) is 12.4. The Morgan fingerprint density at radius 3 is 2.75 bits per heavy atom. The second kappa shape index (κ2) is 4.48. The van der Waals surface area contributed by atoms with E-state index in [1.54, 1.807) is 24.3 Å². The van der Waals surface area contributed by atoms with Gasteiger partial charge in [-0.1, -0.05) is 17.7 Å². The van der Waals surface area contributed by atoms with E-state index in [9.17, 15) is 4.79 Å². The van der Waals surface area contributed by atoms with Gasteiger partial charge < -0.3 is 0 Å². The minimum Gasteiger partial charge on any atom is -0.298 e. The highest BCUT2D eigenvalue weighted by atomic mass is 35.5. The molecule has 2 rings (SSSR count). The van der Waals surface area contributed by atoms with E-state index in [-0.39, 0.29) is 0 Å². The number of carbonyl (C=O) groups is 1. The SMILES string of the molecule is N#Cc1ccc(-c2ccc(Cl)cc2C=O)s1. The van der Waals surface area contributed by atoms with Gasteiger partial charge in [0.05, 0.1) is 0 Å². The fourth-order valence-electron chi connectivity index (χ4n) is 1.40. The number of rotatable bonds is 2. The Hall–Kier alpha value is -1.63. The molecular weight excluding hydrogens is 242 g/mol. The monoisotopic (exact) mass is 247 g/mol. The van der Waals surface area contributed by atoms with Crippen LogP contribution in [0.4, 0.5) is 0 Å². The van der Waals surface area contributed by atoms with Gasteiger partial charge in [0, 0.05) is 21.0 Å². The number of hydrogen-bond acceptors (Lipinski definition) is 3. The first kappa shape index (κ1) is 10.9. The molecule has 2 nitrogen and oxygen atoms in total. The molecule has 0 radical (unpaired) electrons. The average Bonchev–Trinajstić information content (AvgIpc) is 2.77. The van der Waals surface area contributed by atoms with Crippen LogP contribution in [0.3, 0.4) is 0 Å². The molecule has 0 bridgehead atoms. The fraction of sp³-hybridized carbons (Fsp3) is 0. The van der Waals surface area contributed by atoms with Crippen LogP contribution in [-0.4, -0.2) is 6.29 Å². The summed E-state index contributed by atoms with van der Waals surface area (Å²) in [5.41, 5.74) is 1.35. The van der Waals surface area contributed by atoms with Crippen LogP contribution in [0.1, 0.15) is 15.2 Å². The zero-order chi connectivity index (χ0) is 11.5. The molecule has 0 spiro atoms. The van der Waals surface area contributed by atoms with Gasteiger partial charge in [-0.15, -0.1) is 11.3 Å². The van der Waals surface area contributed by atoms with Crippen LogP contribution in [0.5, 0.6) is 0 Å². The van der Waals surface area contributed by atoms with Crippen molar-refractivity contribution in [3.8, 4) is 16.5 Å². The third-order valence-corrected chi connectivity index (χ3v) is 3.38. The van der Waals surface area contributed by atoms with E-state index in [0.717, 1.165) is 16.7 Å². The third kappa shape index (κ3) is 1.99. The summed E-state index contributed by atoms with van der Waals surface area (Å²) in [6.07, 6.45) is 0.771. The van der Waals surface area contributed by atoms with Crippen LogP contribution in [0.25, 0.3) is 10.4 Å². The maximum Gasteiger partial charge on any atom is 0.150 e. The molecule has 0 atom stereocenters. The van der Waals surface area contributed by atoms with E-state index in [1.165, 1.54) is 11.3 Å². The third-order valence-electron chi connectivity index (χ3n) is 2.12. The van der Waals surface area contributed by atoms with Gasteiger partial charge >= 0.3 is 0 Å². The van der Waals surface area contributed by atoms with E-state index in [1.807, 2.05) is 6.07 Å². The number of carbonyl (C=O) groups excluding carboxylic acids is 1. The molecule has 78 valence electrons. The van der Waals surface area contributed by atoms with E-state index >= 15 is 0 Å². The van der Waals surface area contributed by atoms with E-state index in [2.05, 4.69) is 6.07 Å². The molecular formula is C12H6ClNOS. The molecule has 0 fully saturated rings. The van der Waals surface area contributed by atoms with Crippen molar-refractivity contribution in [3.05, 3.63) is 45.8 Å². The zero-order valence-corrected chi connectivity index (χ0v) is 9.68. The van der Waals surface area contributed by atoms with Crippen LogP contribution in [0, 0.1) is 11.3 Å². The molecule has 0 saturated carbocycles. The molecule has 0 aliphatic rings. The van der Waals surface area contributed by atoms with E-state index < -0.39 is 0 Å². The van der Waals surface area contributed by atoms with Gasteiger partial charge in [0.1, 0.15) is 10.9 Å². The normalized spacial score (nSPS) is 9.75. The zero-order valence-electron chi connectivity index (χ0n) is 8.11. The molecule has 0 amide bonds. The van der Waals surface area contributed by atoms with Gasteiger partial charge in [-0.25, -0.2) is 0 Å². The second-order valence-electron chi connectivity index (χ2n) is 3.13. The number of aldehydes is 1. The van der Waals surface area contributed by atoms with Crippen LogP contribution < -0.4 is 0 Å². The summed E-state index contributed by atoms with van der Waals surface area (Å²) in [6.45, 7) is 0. The quantitative estimate of drug-likeness (QED) is 0.759. The lowest BCUT2D eigenvalue weighted by Gasteiger charge is -2.01. The highest BCUT2D eigenvalue weighted by molar-refractivity contribution is 7.16. The van der Waals surface area contributed by atoms with E-state index in [0.29, 0.717) is 15.5 Å². The fourth-order valence-corrected chi connectivity index (χ4v) is 2.43. The maximum absolute atomic E-state index is 10.9. The Labute approximate surface area is 102 Å². The van der Waals surface area contributed by atoms with Gasteiger partial charge in [-0.05, 0) is 24.3 Å². The molecule has 0 aliphatic carbocycles. The first-order valence-electron chi connectivity index (χ1n) is 4.49. The van der Waals surface area contributed by atoms with Gasteiger partial charge in [0.25, 0.3) is 0 Å². The Balaban J connectivity index is 2.55. The van der Waals surface area contributed by atoms with Gasteiger partial charge in [0.2, 0.25) is 0 Å². The van der Waals surface area contributed by atoms with Crippen LogP contribution >= 0.6 is 22.9 Å². The number of thiophene rings is 1. The number of nitriles is 1. The largest absolute Gasteiger partial charge is 0.298 e. The Morgan fingerprint density at radius 1 is 1.31 bits per heavy atom. The summed E-state index contributed by atoms with van der Waals surface area (Å²) in [5.74, 6) is 0. The summed E-state index contributed by atoms with van der Waals surface area (Å²) < 4.78 is 0. The van der Waals surface area contributed by atoms with Crippen molar-refractivity contribution in [3.63, 3.8) is 0 Å². The van der Waals surface area contributed by atoms with Crippen LogP contribution in [0.15, 0.2) is 30.3 Å². The molecule has 1 aromatic carbocycles. The molecule has 4 heteroatoms. The Bertz CT molecular complexity index is 583. The van der Waals surface area contributed by atoms with Gasteiger partial charge in [0.15, 0.2) is 6.29 Å². The van der Waals surface area contributed by atoms with Crippen molar-refractivity contribution in [2.75, 3.05) is 0 Å². The van der Waals surface area contributed by atoms with Gasteiger partial charge in [-0.3, -0.25) is 4.79 Å². The minimum atomic E-state index is 0.530. The molecule has 0 N–H and O–H groups in total. The first-order chi connectivity index (χ1) is 7.74. The van der Waals surface area contributed by atoms with Crippen LogP contribution in [-0.2, 0) is 0 Å². The van der Waals surface area contributed by atoms with Crippen molar-refractivity contribution < 1.29 is 4.79 Å². The lowest BCUT2D eigenvalue weighted by molar-refractivity contribution is 0.112. The predicted molar refractivity (Wildman–Crippen MR) is 64.9 cm³/mol. The highest BCUT2D eigenvalue weighted by Crippen LogP contribution is 2.31. The average molecular weight is 248 g/mol. The molecule has 0 saturated heterocycles. The molecule has 0 aliphatic heterocycles. The smallest absolute Gasteiger partial charge is 0.150 e. The number of benzene rings is 1. The van der Waals surface area contributed by atoms with Crippen molar-refractivity contribution in [1.82, 2.24) is 0 Å². The molecule has 0 unspecified atom stereocenters. The molecule has 2 aromatic rings. The second-order valence-corrected chi connectivity index (χ2v) is 4.65. The lowest BCUT2D eigenvalue weighted by Crippen LogP contribution is -1.84. The topological polar surface area (TPSA) is 40.9 Å². The minimum absolute atomic E-state index is 0.530. The summed E-state index contributed by atoms with van der Waals surface area (Å²) >= 11 is 7.17. The molecule has 1 aromatic heterocycles. The van der Waals surface area contributed by atoms with Crippen molar-refractivity contribution >= 4 is 29.2 Å². The van der Waals surface area contributed by atoms with Crippen molar-refractivity contribution in [1.29, 1.82) is 5.26 Å². The van der Waals surface area contributed by atoms with E-state index in [4.69, 9.17) is 16.9 Å². The summed E-state index contributed by atoms with van der Waals surface area (Å²) in [6, 6.07) is 10.8. The van der Waals surface area contributed by atoms with Crippen molar-refractivity contribution in [2.24, 2.45) is 0 Å². The summed E-state index contributed by atoms with van der Waals surface area (Å²) in [5, 5.41) is 9.27. The number of halogens is 1. The first-order valence-corrected chi connectivity index (χ1v) is 5.69. The summed E-state index contributed by atoms with van der Waals surface area (Å²) in [7, 11) is 0. The molecule has 1 heterocycles. The number of hydrogen-bond donors (Lipinski definition) is 0. The maximum atomic E-state index is 10.9. The van der Waals surface area contributed by atoms with Crippen LogP contribution in [0.2, 0.25) is 5.02 Å². The highest BCUT2D eigenvalue weighted by Gasteiger charge is 2.08. The Kier molecular flexibility index (Phi) is 3.04. The standard InChI is InChI=1S/C12H6ClNOS/c13-9-1-3-11(8(5-9)7-15)12-4-2-10(6-14)16-12/h1-5,7H. The number of nitrogens with zero attached hydrogens (tertiary/aromatic N) is 1. The molecule has 16 heavy (non-hydrogen) atoms. The lowest BCUT2D eigenvalue weighted by atomic mass is 10.1. The van der Waals surface area contributed by atoms with Gasteiger partial charge in [-0.2, -0.15) is 5.26 Å². The Morgan fingerprint density at radius 2 is 2.12 bits per heavy atom. The van der Waals surface area contributed by atoms with Crippen molar-refractivity contribution in [2.45, 2.75) is 0 Å². The predicted octanol–water partition coefficient (Wildman–Crippen LogP) is 3.75.